The van der Waals surface area contributed by atoms with Crippen LogP contribution in [0.1, 0.15) is 31.1 Å². The van der Waals surface area contributed by atoms with Crippen LogP contribution in [0.3, 0.4) is 0 Å². The molecule has 0 aliphatic heterocycles. The molecule has 78 valence electrons. The highest BCUT2D eigenvalue weighted by Crippen LogP contribution is 2.15. The average molecular weight is 201 g/mol. The largest absolute Gasteiger partial charge is 0.294 e. The van der Waals surface area contributed by atoms with E-state index in [4.69, 9.17) is 0 Å². The maximum absolute atomic E-state index is 11.2. The molecule has 1 aromatic carbocycles. The lowest BCUT2D eigenvalue weighted by molar-refractivity contribution is 0.101. The fourth-order valence-electron chi connectivity index (χ4n) is 1.40. The molecule has 0 N–H and O–H groups in total. The van der Waals surface area contributed by atoms with Gasteiger partial charge >= 0.3 is 0 Å². The van der Waals surface area contributed by atoms with Gasteiger partial charge in [0.15, 0.2) is 5.78 Å². The van der Waals surface area contributed by atoms with Crippen molar-refractivity contribution in [3.63, 3.8) is 0 Å². The summed E-state index contributed by atoms with van der Waals surface area (Å²) >= 11 is 0. The highest BCUT2D eigenvalue weighted by Gasteiger charge is 2.03. The Kier molecular flexibility index (Phi) is 3.98. The molecule has 0 aliphatic carbocycles. The molecule has 0 aliphatic rings. The summed E-state index contributed by atoms with van der Waals surface area (Å²) in [6.45, 7) is 5.57. The molecule has 0 atom stereocenters. The summed E-state index contributed by atoms with van der Waals surface area (Å²) in [6.07, 6.45) is 1.67. The monoisotopic (exact) mass is 201 g/mol. The maximum atomic E-state index is 11.2. The second-order valence-electron chi connectivity index (χ2n) is 2.93. The van der Waals surface area contributed by atoms with Crippen molar-refractivity contribution in [1.82, 2.24) is 4.98 Å². The predicted molar refractivity (Wildman–Crippen MR) is 63.1 cm³/mol. The summed E-state index contributed by atoms with van der Waals surface area (Å²) < 4.78 is 0. The van der Waals surface area contributed by atoms with Crippen molar-refractivity contribution in [2.24, 2.45) is 0 Å². The van der Waals surface area contributed by atoms with E-state index in [1.165, 1.54) is 0 Å². The molecule has 2 aromatic rings. The van der Waals surface area contributed by atoms with E-state index in [-0.39, 0.29) is 5.78 Å². The molecule has 0 saturated carbocycles. The van der Waals surface area contributed by atoms with Crippen LogP contribution in [-0.4, -0.2) is 10.8 Å². The molecular weight excluding hydrogens is 186 g/mol. The molecule has 2 heteroatoms. The smallest absolute Gasteiger partial charge is 0.160 e. The lowest BCUT2D eigenvalue weighted by Crippen LogP contribution is -1.94. The Balaban J connectivity index is 0.000000531. The maximum Gasteiger partial charge on any atom is 0.160 e. The van der Waals surface area contributed by atoms with E-state index in [1.54, 1.807) is 19.2 Å². The van der Waals surface area contributed by atoms with E-state index < -0.39 is 0 Å². The molecule has 0 spiro atoms. The highest BCUT2D eigenvalue weighted by atomic mass is 16.1. The number of Topliss-reactive ketones (excluding diaryl/α,β-unsaturated/α-hetero) is 1. The Morgan fingerprint density at radius 3 is 2.47 bits per heavy atom. The number of hydrogen-bond acceptors (Lipinski definition) is 2. The van der Waals surface area contributed by atoms with Crippen molar-refractivity contribution < 1.29 is 4.79 Å². The normalized spacial score (nSPS) is 9.27. The van der Waals surface area contributed by atoms with Crippen molar-refractivity contribution in [2.75, 3.05) is 0 Å². The third kappa shape index (κ3) is 2.40. The number of pyridine rings is 1. The van der Waals surface area contributed by atoms with Gasteiger partial charge in [-0.05, 0) is 19.1 Å². The number of para-hydroxylation sites is 1. The van der Waals surface area contributed by atoms with Gasteiger partial charge in [-0.15, -0.1) is 0 Å². The molecular formula is C13H15NO. The van der Waals surface area contributed by atoms with Crippen LogP contribution in [0.15, 0.2) is 36.5 Å². The van der Waals surface area contributed by atoms with E-state index in [2.05, 4.69) is 4.98 Å². The number of nitrogens with zero attached hydrogens (tertiary/aromatic N) is 1. The van der Waals surface area contributed by atoms with Gasteiger partial charge in [-0.2, -0.15) is 0 Å². The second kappa shape index (κ2) is 5.25. The van der Waals surface area contributed by atoms with E-state index in [0.717, 1.165) is 16.5 Å². The van der Waals surface area contributed by atoms with Gasteiger partial charge in [-0.3, -0.25) is 9.78 Å². The zero-order valence-corrected chi connectivity index (χ0v) is 9.32. The first kappa shape index (κ1) is 11.4. The SMILES string of the molecule is CC.CC(=O)c1ccnc2ccccc12. The lowest BCUT2D eigenvalue weighted by Gasteiger charge is -2.00. The minimum Gasteiger partial charge on any atom is -0.294 e. The number of ketones is 1. The van der Waals surface area contributed by atoms with Crippen molar-refractivity contribution in [3.05, 3.63) is 42.1 Å². The van der Waals surface area contributed by atoms with Crippen molar-refractivity contribution in [1.29, 1.82) is 0 Å². The molecule has 15 heavy (non-hydrogen) atoms. The van der Waals surface area contributed by atoms with Crippen LogP contribution >= 0.6 is 0 Å². The first-order valence-corrected chi connectivity index (χ1v) is 5.14. The van der Waals surface area contributed by atoms with E-state index in [0.29, 0.717) is 0 Å². The van der Waals surface area contributed by atoms with Gasteiger partial charge in [0.1, 0.15) is 0 Å². The Hall–Kier alpha value is -1.70. The fraction of sp³-hybridized carbons (Fsp3) is 0.231. The molecule has 0 bridgehead atoms. The quantitative estimate of drug-likeness (QED) is 0.661. The Bertz CT molecular complexity index is 458. The topological polar surface area (TPSA) is 30.0 Å². The summed E-state index contributed by atoms with van der Waals surface area (Å²) in [5.41, 5.74) is 1.61. The third-order valence-corrected chi connectivity index (χ3v) is 2.03. The molecule has 0 unspecified atom stereocenters. The van der Waals surface area contributed by atoms with Crippen LogP contribution in [0, 0.1) is 0 Å². The van der Waals surface area contributed by atoms with E-state index >= 15 is 0 Å². The Morgan fingerprint density at radius 1 is 1.13 bits per heavy atom. The Morgan fingerprint density at radius 2 is 1.80 bits per heavy atom. The molecule has 0 saturated heterocycles. The number of benzene rings is 1. The number of aromatic nitrogens is 1. The molecule has 1 aromatic heterocycles. The Labute approximate surface area is 90.0 Å². The van der Waals surface area contributed by atoms with Crippen LogP contribution in [0.4, 0.5) is 0 Å². The second-order valence-corrected chi connectivity index (χ2v) is 2.93. The molecule has 0 radical (unpaired) electrons. The summed E-state index contributed by atoms with van der Waals surface area (Å²) in [6, 6.07) is 9.40. The number of rotatable bonds is 1. The van der Waals surface area contributed by atoms with Gasteiger partial charge in [0.05, 0.1) is 5.52 Å². The van der Waals surface area contributed by atoms with Gasteiger partial charge in [-0.25, -0.2) is 0 Å². The van der Waals surface area contributed by atoms with Gasteiger partial charge in [0.2, 0.25) is 0 Å². The fourth-order valence-corrected chi connectivity index (χ4v) is 1.40. The van der Waals surface area contributed by atoms with E-state index in [1.807, 2.05) is 38.1 Å². The number of fused-ring (bicyclic) bond motifs is 1. The summed E-state index contributed by atoms with van der Waals surface area (Å²) in [7, 11) is 0. The van der Waals surface area contributed by atoms with Crippen LogP contribution in [0.25, 0.3) is 10.9 Å². The number of carbonyl (C=O) groups excluding carboxylic acids is 1. The summed E-state index contributed by atoms with van der Waals surface area (Å²) in [4.78, 5) is 15.4. The van der Waals surface area contributed by atoms with Crippen LogP contribution in [-0.2, 0) is 0 Å². The average Bonchev–Trinajstić information content (AvgIpc) is 2.31. The van der Waals surface area contributed by atoms with E-state index in [9.17, 15) is 4.79 Å². The highest BCUT2D eigenvalue weighted by molar-refractivity contribution is 6.05. The van der Waals surface area contributed by atoms with Crippen LogP contribution in [0.5, 0.6) is 0 Å². The molecule has 0 fully saturated rings. The van der Waals surface area contributed by atoms with Gasteiger partial charge < -0.3 is 0 Å². The molecule has 1 heterocycles. The zero-order valence-electron chi connectivity index (χ0n) is 9.32. The minimum absolute atomic E-state index is 0.0820. The first-order chi connectivity index (χ1) is 7.29. The van der Waals surface area contributed by atoms with Crippen molar-refractivity contribution >= 4 is 16.7 Å². The zero-order chi connectivity index (χ0) is 11.3. The molecule has 2 nitrogen and oxygen atoms in total. The van der Waals surface area contributed by atoms with Crippen LogP contribution in [0.2, 0.25) is 0 Å². The molecule has 2 rings (SSSR count). The first-order valence-electron chi connectivity index (χ1n) is 5.14. The minimum atomic E-state index is 0.0820. The van der Waals surface area contributed by atoms with Gasteiger partial charge in [0, 0.05) is 17.1 Å². The predicted octanol–water partition coefficient (Wildman–Crippen LogP) is 3.46. The molecule has 0 amide bonds. The van der Waals surface area contributed by atoms with Crippen molar-refractivity contribution in [3.8, 4) is 0 Å². The number of carbonyl (C=O) groups is 1. The standard InChI is InChI=1S/C11H9NO.C2H6/c1-8(13)9-6-7-12-11-5-3-2-4-10(9)11;1-2/h2-7H,1H3;1-2H3. The number of hydrogen-bond donors (Lipinski definition) is 0. The summed E-state index contributed by atoms with van der Waals surface area (Å²) in [5, 5.41) is 0.928. The van der Waals surface area contributed by atoms with Crippen LogP contribution < -0.4 is 0 Å². The lowest BCUT2D eigenvalue weighted by atomic mass is 10.1. The van der Waals surface area contributed by atoms with Gasteiger partial charge in [0.25, 0.3) is 0 Å². The summed E-state index contributed by atoms with van der Waals surface area (Å²) in [5.74, 6) is 0.0820. The third-order valence-electron chi connectivity index (χ3n) is 2.03. The van der Waals surface area contributed by atoms with Gasteiger partial charge in [-0.1, -0.05) is 32.0 Å². The van der Waals surface area contributed by atoms with Crippen molar-refractivity contribution in [2.45, 2.75) is 20.8 Å².